The van der Waals surface area contributed by atoms with E-state index in [2.05, 4.69) is 45.9 Å². The topological polar surface area (TPSA) is 37.3 Å². The molecule has 0 radical (unpaired) electrons. The van der Waals surface area contributed by atoms with Gasteiger partial charge >= 0.3 is 5.97 Å². The molecule has 2 aromatic carbocycles. The van der Waals surface area contributed by atoms with Gasteiger partial charge in [-0.2, -0.15) is 0 Å². The molecule has 0 amide bonds. The van der Waals surface area contributed by atoms with Crippen LogP contribution in [-0.2, 0) is 23.7 Å². The normalized spacial score (nSPS) is 19.4. The number of allylic oxidation sites excluding steroid dienone is 2. The van der Waals surface area contributed by atoms with Crippen molar-refractivity contribution in [1.29, 1.82) is 0 Å². The van der Waals surface area contributed by atoms with Crippen LogP contribution in [0.2, 0.25) is 0 Å². The number of rotatable bonds is 3. The quantitative estimate of drug-likeness (QED) is 0.684. The number of carboxylic acid groups (broad SMARTS) is 1. The van der Waals surface area contributed by atoms with E-state index >= 15 is 0 Å². The maximum Gasteiger partial charge on any atom is 0.335 e. The molecule has 0 fully saturated rings. The zero-order valence-electron chi connectivity index (χ0n) is 17.4. The highest BCUT2D eigenvalue weighted by Crippen LogP contribution is 2.48. The Morgan fingerprint density at radius 1 is 0.964 bits per heavy atom. The SMILES string of the molecule is CC1(C)CCC(C)(C)c2cc3c(cc21)CCC=C3Cc1ccc(C(=O)O)cc1. The standard InChI is InChI=1S/C26H30O2/c1-25(2)12-13-26(3,4)23-16-21-19(6-5-7-20(21)15-22(23)25)14-17-8-10-18(11-9-17)24(27)28/h6,8-11,15-16H,5,7,12-14H2,1-4H3,(H,27,28). The van der Waals surface area contributed by atoms with E-state index in [0.29, 0.717) is 5.56 Å². The molecule has 146 valence electrons. The molecule has 2 aliphatic rings. The van der Waals surface area contributed by atoms with Crippen molar-refractivity contribution in [1.82, 2.24) is 0 Å². The Balaban J connectivity index is 1.73. The number of carbonyl (C=O) groups is 1. The summed E-state index contributed by atoms with van der Waals surface area (Å²) in [5.74, 6) is -0.870. The monoisotopic (exact) mass is 374 g/mol. The number of fused-ring (bicyclic) bond motifs is 2. The Bertz CT molecular complexity index is 959. The van der Waals surface area contributed by atoms with Gasteiger partial charge in [0.15, 0.2) is 0 Å². The molecule has 0 aliphatic heterocycles. The van der Waals surface area contributed by atoms with Gasteiger partial charge in [0.25, 0.3) is 0 Å². The summed E-state index contributed by atoms with van der Waals surface area (Å²) < 4.78 is 0. The highest BCUT2D eigenvalue weighted by molar-refractivity contribution is 5.87. The van der Waals surface area contributed by atoms with Crippen LogP contribution in [0.15, 0.2) is 42.5 Å². The molecule has 0 heterocycles. The van der Waals surface area contributed by atoms with Crippen LogP contribution in [0.25, 0.3) is 5.57 Å². The largest absolute Gasteiger partial charge is 0.478 e. The molecule has 0 saturated heterocycles. The highest BCUT2D eigenvalue weighted by atomic mass is 16.4. The first-order chi connectivity index (χ1) is 13.2. The fourth-order valence-corrected chi connectivity index (χ4v) is 4.83. The van der Waals surface area contributed by atoms with Gasteiger partial charge in [0.1, 0.15) is 0 Å². The molecule has 2 nitrogen and oxygen atoms in total. The maximum absolute atomic E-state index is 11.1. The Hall–Kier alpha value is -2.35. The number of aryl methyl sites for hydroxylation is 1. The van der Waals surface area contributed by atoms with Gasteiger partial charge in [0.2, 0.25) is 0 Å². The molecule has 0 spiro atoms. The van der Waals surface area contributed by atoms with Crippen LogP contribution in [0, 0.1) is 0 Å². The lowest BCUT2D eigenvalue weighted by Gasteiger charge is -2.43. The molecular formula is C26H30O2. The Kier molecular flexibility index (Phi) is 4.49. The van der Waals surface area contributed by atoms with Crippen molar-refractivity contribution in [3.63, 3.8) is 0 Å². The van der Waals surface area contributed by atoms with Gasteiger partial charge in [0, 0.05) is 0 Å². The first kappa shape index (κ1) is 19.0. The second-order valence-corrected chi connectivity index (χ2v) is 9.77. The van der Waals surface area contributed by atoms with E-state index in [1.165, 1.54) is 46.2 Å². The summed E-state index contributed by atoms with van der Waals surface area (Å²) in [6.07, 6.45) is 7.89. The molecule has 1 N–H and O–H groups in total. The van der Waals surface area contributed by atoms with Gasteiger partial charge in [-0.1, -0.05) is 58.0 Å². The third kappa shape index (κ3) is 3.30. The van der Waals surface area contributed by atoms with E-state index in [4.69, 9.17) is 5.11 Å². The molecule has 28 heavy (non-hydrogen) atoms. The van der Waals surface area contributed by atoms with E-state index < -0.39 is 5.97 Å². The fourth-order valence-electron chi connectivity index (χ4n) is 4.83. The van der Waals surface area contributed by atoms with Crippen LogP contribution in [0.4, 0.5) is 0 Å². The zero-order valence-corrected chi connectivity index (χ0v) is 17.4. The van der Waals surface area contributed by atoms with Crippen molar-refractivity contribution >= 4 is 11.5 Å². The van der Waals surface area contributed by atoms with Crippen molar-refractivity contribution in [3.05, 3.63) is 75.9 Å². The van der Waals surface area contributed by atoms with Crippen molar-refractivity contribution in [2.24, 2.45) is 0 Å². The Labute approximate surface area is 168 Å². The van der Waals surface area contributed by atoms with Crippen LogP contribution in [-0.4, -0.2) is 11.1 Å². The van der Waals surface area contributed by atoms with Gasteiger partial charge in [-0.15, -0.1) is 0 Å². The lowest BCUT2D eigenvalue weighted by atomic mass is 9.62. The summed E-state index contributed by atoms with van der Waals surface area (Å²) in [5.41, 5.74) is 9.28. The molecule has 4 rings (SSSR count). The van der Waals surface area contributed by atoms with E-state index in [0.717, 1.165) is 19.3 Å². The average Bonchev–Trinajstić information content (AvgIpc) is 2.65. The molecule has 0 atom stereocenters. The molecule has 0 bridgehead atoms. The van der Waals surface area contributed by atoms with Gasteiger partial charge < -0.3 is 5.11 Å². The first-order valence-electron chi connectivity index (χ1n) is 10.4. The van der Waals surface area contributed by atoms with Crippen LogP contribution in [0.1, 0.15) is 85.1 Å². The van der Waals surface area contributed by atoms with E-state index in [1.807, 2.05) is 12.1 Å². The first-order valence-corrected chi connectivity index (χ1v) is 10.4. The van der Waals surface area contributed by atoms with E-state index in [-0.39, 0.29) is 10.8 Å². The number of hydrogen-bond donors (Lipinski definition) is 1. The molecule has 2 aromatic rings. The average molecular weight is 375 g/mol. The predicted molar refractivity (Wildman–Crippen MR) is 115 cm³/mol. The van der Waals surface area contributed by atoms with Gasteiger partial charge in [-0.3, -0.25) is 0 Å². The summed E-state index contributed by atoms with van der Waals surface area (Å²) in [6, 6.07) is 12.3. The minimum absolute atomic E-state index is 0.214. The van der Waals surface area contributed by atoms with Crippen molar-refractivity contribution in [2.75, 3.05) is 0 Å². The second kappa shape index (κ2) is 6.62. The second-order valence-electron chi connectivity index (χ2n) is 9.77. The summed E-state index contributed by atoms with van der Waals surface area (Å²) in [6.45, 7) is 9.53. The fraction of sp³-hybridized carbons (Fsp3) is 0.423. The summed E-state index contributed by atoms with van der Waals surface area (Å²) in [4.78, 5) is 11.1. The number of benzene rings is 2. The summed E-state index contributed by atoms with van der Waals surface area (Å²) in [5, 5.41) is 9.12. The van der Waals surface area contributed by atoms with Crippen molar-refractivity contribution < 1.29 is 9.90 Å². The smallest absolute Gasteiger partial charge is 0.335 e. The van der Waals surface area contributed by atoms with Crippen molar-refractivity contribution in [3.8, 4) is 0 Å². The van der Waals surface area contributed by atoms with Gasteiger partial charge in [0.05, 0.1) is 5.56 Å². The molecule has 0 aromatic heterocycles. The minimum Gasteiger partial charge on any atom is -0.478 e. The molecule has 0 saturated carbocycles. The highest BCUT2D eigenvalue weighted by Gasteiger charge is 2.38. The predicted octanol–water partition coefficient (Wildman–Crippen LogP) is 6.31. The Morgan fingerprint density at radius 3 is 2.18 bits per heavy atom. The van der Waals surface area contributed by atoms with Crippen LogP contribution in [0.5, 0.6) is 0 Å². The maximum atomic E-state index is 11.1. The summed E-state index contributed by atoms with van der Waals surface area (Å²) in [7, 11) is 0. The molecule has 0 unspecified atom stereocenters. The van der Waals surface area contributed by atoms with Gasteiger partial charge in [-0.05, 0) is 88.5 Å². The molecule has 2 heteroatoms. The number of carboxylic acids is 1. The zero-order chi connectivity index (χ0) is 20.1. The third-order valence-electron chi connectivity index (χ3n) is 6.82. The van der Waals surface area contributed by atoms with Crippen LogP contribution >= 0.6 is 0 Å². The van der Waals surface area contributed by atoms with E-state index in [1.54, 1.807) is 12.1 Å². The minimum atomic E-state index is -0.870. The molecule has 2 aliphatic carbocycles. The lowest BCUT2D eigenvalue weighted by molar-refractivity contribution is 0.0697. The van der Waals surface area contributed by atoms with Crippen LogP contribution in [0.3, 0.4) is 0 Å². The molecular weight excluding hydrogens is 344 g/mol. The summed E-state index contributed by atoms with van der Waals surface area (Å²) >= 11 is 0. The Morgan fingerprint density at radius 2 is 1.57 bits per heavy atom. The third-order valence-corrected chi connectivity index (χ3v) is 6.82. The van der Waals surface area contributed by atoms with E-state index in [9.17, 15) is 4.79 Å². The van der Waals surface area contributed by atoms with Gasteiger partial charge in [-0.25, -0.2) is 4.79 Å². The van der Waals surface area contributed by atoms with Crippen LogP contribution < -0.4 is 0 Å². The number of hydrogen-bond acceptors (Lipinski definition) is 1. The van der Waals surface area contributed by atoms with Crippen molar-refractivity contribution in [2.45, 2.75) is 70.6 Å². The lowest BCUT2D eigenvalue weighted by Crippen LogP contribution is -2.34. The number of aromatic carboxylic acids is 1.